The quantitative estimate of drug-likeness (QED) is 0.343. The fourth-order valence-electron chi connectivity index (χ4n) is 7.98. The van der Waals surface area contributed by atoms with Crippen molar-refractivity contribution in [3.8, 4) is 0 Å². The van der Waals surface area contributed by atoms with E-state index in [2.05, 4.69) is 13.2 Å². The van der Waals surface area contributed by atoms with E-state index in [0.717, 1.165) is 17.2 Å². The molecule has 2 aromatic carbocycles. The summed E-state index contributed by atoms with van der Waals surface area (Å²) in [5.74, 6) is -2.20. The lowest BCUT2D eigenvalue weighted by Crippen LogP contribution is -2.59. The van der Waals surface area contributed by atoms with Crippen molar-refractivity contribution in [1.29, 1.82) is 0 Å². The highest BCUT2D eigenvalue weighted by atomic mass is 16.5. The molecule has 43 heavy (non-hydrogen) atoms. The maximum absolute atomic E-state index is 14.9. The van der Waals surface area contributed by atoms with Crippen LogP contribution < -0.4 is 4.90 Å². The van der Waals surface area contributed by atoms with Gasteiger partial charge in [-0.05, 0) is 55.0 Å². The Kier molecular flexibility index (Phi) is 8.82. The molecule has 3 heterocycles. The Bertz CT molecular complexity index is 1400. The predicted octanol–water partition coefficient (Wildman–Crippen LogP) is 4.71. The normalized spacial score (nSPS) is 28.1. The van der Waals surface area contributed by atoms with Gasteiger partial charge in [-0.25, -0.2) is 0 Å². The second-order valence-electron chi connectivity index (χ2n) is 12.2. The van der Waals surface area contributed by atoms with Gasteiger partial charge < -0.3 is 24.5 Å². The van der Waals surface area contributed by atoms with E-state index in [0.29, 0.717) is 44.5 Å². The van der Waals surface area contributed by atoms with Gasteiger partial charge >= 0.3 is 0 Å². The summed E-state index contributed by atoms with van der Waals surface area (Å²) in [6.07, 6.45) is 6.25. The minimum Gasteiger partial charge on any atom is -0.394 e. The van der Waals surface area contributed by atoms with Crippen LogP contribution in [0.1, 0.15) is 52.9 Å². The van der Waals surface area contributed by atoms with Crippen molar-refractivity contribution < 1.29 is 24.2 Å². The van der Waals surface area contributed by atoms with Crippen LogP contribution in [-0.2, 0) is 19.1 Å². The van der Waals surface area contributed by atoms with E-state index in [9.17, 15) is 19.5 Å². The first kappa shape index (κ1) is 31.0. The standard InChI is InChI=1S/C35H45N3O5/c1-6-19-36(20-7-2)31(40)28-29-32(41)38(26(9-4)23-39)30(35(29)18-17-34(28,10-5)43-35)33(42)37(21-8-3)27-16-15-24-13-11-12-14-25(24)22-27/h6,8,11-16,22,26,28-30,39H,1,3,7,9-10,17-21,23H2,2,4-5H3/t26-,28+,29-,30?,34-,35?/m0/s1. The lowest BCUT2D eigenvalue weighted by atomic mass is 9.64. The molecule has 1 N–H and O–H groups in total. The minimum atomic E-state index is -1.17. The molecule has 3 fully saturated rings. The molecule has 0 radical (unpaired) electrons. The largest absolute Gasteiger partial charge is 0.394 e. The number of benzene rings is 2. The molecule has 3 aliphatic heterocycles. The third-order valence-electron chi connectivity index (χ3n) is 9.97. The summed E-state index contributed by atoms with van der Waals surface area (Å²) in [5, 5.41) is 12.5. The molecule has 5 rings (SSSR count). The predicted molar refractivity (Wildman–Crippen MR) is 168 cm³/mol. The number of ether oxygens (including phenoxy) is 1. The summed E-state index contributed by atoms with van der Waals surface area (Å²) in [5.41, 5.74) is -1.31. The Morgan fingerprint density at radius 1 is 1.07 bits per heavy atom. The highest BCUT2D eigenvalue weighted by Gasteiger charge is 2.79. The lowest BCUT2D eigenvalue weighted by molar-refractivity contribution is -0.153. The first-order valence-corrected chi connectivity index (χ1v) is 15.7. The van der Waals surface area contributed by atoms with Crippen molar-refractivity contribution in [3.63, 3.8) is 0 Å². The van der Waals surface area contributed by atoms with Gasteiger partial charge in [0, 0.05) is 25.3 Å². The van der Waals surface area contributed by atoms with Crippen molar-refractivity contribution in [2.75, 3.05) is 31.1 Å². The van der Waals surface area contributed by atoms with Crippen LogP contribution in [0.15, 0.2) is 67.8 Å². The van der Waals surface area contributed by atoms with E-state index >= 15 is 0 Å². The van der Waals surface area contributed by atoms with Crippen LogP contribution in [0.25, 0.3) is 10.8 Å². The number of hydrogen-bond donors (Lipinski definition) is 1. The topological polar surface area (TPSA) is 90.4 Å². The molecule has 6 atom stereocenters. The van der Waals surface area contributed by atoms with E-state index < -0.39 is 35.1 Å². The summed E-state index contributed by atoms with van der Waals surface area (Å²) in [6, 6.07) is 12.3. The number of rotatable bonds is 13. The Balaban J connectivity index is 1.64. The van der Waals surface area contributed by atoms with Crippen LogP contribution in [0, 0.1) is 11.8 Å². The number of amides is 3. The molecule has 2 unspecified atom stereocenters. The number of fused-ring (bicyclic) bond motifs is 2. The average molecular weight is 588 g/mol. The van der Waals surface area contributed by atoms with Gasteiger partial charge in [0.25, 0.3) is 5.91 Å². The maximum atomic E-state index is 14.9. The van der Waals surface area contributed by atoms with Crippen molar-refractivity contribution >= 4 is 34.2 Å². The maximum Gasteiger partial charge on any atom is 0.253 e. The van der Waals surface area contributed by atoms with Gasteiger partial charge in [-0.15, -0.1) is 13.2 Å². The molecule has 8 heteroatoms. The van der Waals surface area contributed by atoms with Gasteiger partial charge in [-0.3, -0.25) is 14.4 Å². The molecule has 3 amide bonds. The first-order chi connectivity index (χ1) is 20.8. The zero-order valence-electron chi connectivity index (χ0n) is 25.7. The Morgan fingerprint density at radius 3 is 2.42 bits per heavy atom. The van der Waals surface area contributed by atoms with Crippen LogP contribution in [0.5, 0.6) is 0 Å². The number of likely N-dealkylation sites (tertiary alicyclic amines) is 1. The van der Waals surface area contributed by atoms with E-state index in [1.165, 1.54) is 0 Å². The first-order valence-electron chi connectivity index (χ1n) is 15.7. The summed E-state index contributed by atoms with van der Waals surface area (Å²) >= 11 is 0. The van der Waals surface area contributed by atoms with Gasteiger partial charge in [-0.2, -0.15) is 0 Å². The summed E-state index contributed by atoms with van der Waals surface area (Å²) in [4.78, 5) is 48.8. The number of aliphatic hydroxyl groups excluding tert-OH is 1. The molecule has 0 aromatic heterocycles. The highest BCUT2D eigenvalue weighted by molar-refractivity contribution is 6.06. The molecule has 230 valence electrons. The molecular weight excluding hydrogens is 542 g/mol. The monoisotopic (exact) mass is 587 g/mol. The van der Waals surface area contributed by atoms with E-state index in [1.807, 2.05) is 63.2 Å². The molecule has 1 spiro atoms. The van der Waals surface area contributed by atoms with E-state index in [1.54, 1.807) is 26.9 Å². The summed E-state index contributed by atoms with van der Waals surface area (Å²) < 4.78 is 6.98. The van der Waals surface area contributed by atoms with E-state index in [4.69, 9.17) is 4.74 Å². The smallest absolute Gasteiger partial charge is 0.253 e. The van der Waals surface area contributed by atoms with Crippen molar-refractivity contribution in [3.05, 3.63) is 67.8 Å². The zero-order valence-corrected chi connectivity index (χ0v) is 25.7. The number of nitrogens with zero attached hydrogens (tertiary/aromatic N) is 3. The van der Waals surface area contributed by atoms with Crippen molar-refractivity contribution in [2.24, 2.45) is 11.8 Å². The average Bonchev–Trinajstić information content (AvgIpc) is 3.63. The molecular formula is C35H45N3O5. The molecule has 0 aliphatic carbocycles. The zero-order chi connectivity index (χ0) is 30.9. The third-order valence-corrected chi connectivity index (χ3v) is 9.97. The van der Waals surface area contributed by atoms with Crippen LogP contribution in [-0.4, -0.2) is 82.2 Å². The van der Waals surface area contributed by atoms with Crippen LogP contribution in [0.4, 0.5) is 5.69 Å². The number of hydrogen-bond acceptors (Lipinski definition) is 5. The van der Waals surface area contributed by atoms with Crippen molar-refractivity contribution in [2.45, 2.75) is 76.2 Å². The van der Waals surface area contributed by atoms with Gasteiger partial charge in [0.2, 0.25) is 11.8 Å². The van der Waals surface area contributed by atoms with Crippen LogP contribution >= 0.6 is 0 Å². The van der Waals surface area contributed by atoms with Gasteiger partial charge in [-0.1, -0.05) is 63.3 Å². The summed E-state index contributed by atoms with van der Waals surface area (Å²) in [6.45, 7) is 14.6. The SMILES string of the molecule is C=CCN(CCC)C(=O)[C@H]1[C@H]2C(=O)N([C@@H](CC)CO)C(C(=O)N(CC=C)c3ccc4ccccc4c3)C23CC[C@]1(CC)O3. The van der Waals surface area contributed by atoms with Crippen LogP contribution in [0.3, 0.4) is 0 Å². The second-order valence-corrected chi connectivity index (χ2v) is 12.2. The number of carbonyl (C=O) groups is 3. The van der Waals surface area contributed by atoms with Crippen LogP contribution in [0.2, 0.25) is 0 Å². The lowest BCUT2D eigenvalue weighted by Gasteiger charge is -2.39. The van der Waals surface area contributed by atoms with Gasteiger partial charge in [0.1, 0.15) is 11.6 Å². The van der Waals surface area contributed by atoms with Crippen molar-refractivity contribution in [1.82, 2.24) is 9.80 Å². The fraction of sp³-hybridized carbons (Fsp3) is 0.514. The minimum absolute atomic E-state index is 0.119. The number of aliphatic hydroxyl groups is 1. The summed E-state index contributed by atoms with van der Waals surface area (Å²) in [7, 11) is 0. The molecule has 3 saturated heterocycles. The molecule has 2 aromatic rings. The highest BCUT2D eigenvalue weighted by Crippen LogP contribution is 2.65. The third kappa shape index (κ3) is 4.79. The van der Waals surface area contributed by atoms with Gasteiger partial charge in [0.05, 0.1) is 30.1 Å². The molecule has 2 bridgehead atoms. The Labute approximate surface area is 255 Å². The number of anilines is 1. The van der Waals surface area contributed by atoms with Gasteiger partial charge in [0.15, 0.2) is 0 Å². The second kappa shape index (κ2) is 12.2. The fourth-order valence-corrected chi connectivity index (χ4v) is 7.98. The van der Waals surface area contributed by atoms with E-state index in [-0.39, 0.29) is 30.9 Å². The number of carbonyl (C=O) groups excluding carboxylic acids is 3. The molecule has 3 aliphatic rings. The Hall–Kier alpha value is -3.49. The molecule has 0 saturated carbocycles. The Morgan fingerprint density at radius 2 is 1.79 bits per heavy atom. The molecule has 8 nitrogen and oxygen atoms in total.